The van der Waals surface area contributed by atoms with Crippen LogP contribution in [0.25, 0.3) is 0 Å². The Kier molecular flexibility index (Phi) is 3.23. The molecular weight excluding hydrogens is 180 g/mol. The molecule has 14 heavy (non-hydrogen) atoms. The smallest absolute Gasteiger partial charge is 0.318 e. The standard InChI is InChI=1S/C10H12N2O2/c1-7-3-4-9(8(5-7)6-13)12-10(14)11-2/h3-6H,1-2H3,(H2,11,12,14). The van der Waals surface area contributed by atoms with E-state index in [2.05, 4.69) is 10.6 Å². The zero-order valence-corrected chi connectivity index (χ0v) is 8.13. The molecule has 2 amide bonds. The molecule has 4 nitrogen and oxygen atoms in total. The van der Waals surface area contributed by atoms with Crippen LogP contribution < -0.4 is 10.6 Å². The summed E-state index contributed by atoms with van der Waals surface area (Å²) in [7, 11) is 1.52. The molecule has 0 aliphatic rings. The third kappa shape index (κ3) is 2.32. The molecule has 0 radical (unpaired) electrons. The number of aldehydes is 1. The molecule has 0 fully saturated rings. The number of hydrogen-bond acceptors (Lipinski definition) is 2. The molecule has 74 valence electrons. The molecular formula is C10H12N2O2. The maximum atomic E-state index is 11.0. The zero-order chi connectivity index (χ0) is 10.6. The molecule has 1 aromatic carbocycles. The SMILES string of the molecule is CNC(=O)Nc1ccc(C)cc1C=O. The first kappa shape index (κ1) is 10.2. The van der Waals surface area contributed by atoms with Crippen LogP contribution >= 0.6 is 0 Å². The molecule has 0 aliphatic heterocycles. The fraction of sp³-hybridized carbons (Fsp3) is 0.200. The average Bonchev–Trinajstić information content (AvgIpc) is 2.20. The van der Waals surface area contributed by atoms with Crippen molar-refractivity contribution in [2.45, 2.75) is 6.92 Å². The van der Waals surface area contributed by atoms with Gasteiger partial charge in [-0.2, -0.15) is 0 Å². The van der Waals surface area contributed by atoms with Crippen LogP contribution in [0.4, 0.5) is 10.5 Å². The van der Waals surface area contributed by atoms with E-state index in [9.17, 15) is 9.59 Å². The zero-order valence-electron chi connectivity index (χ0n) is 8.13. The second kappa shape index (κ2) is 4.41. The topological polar surface area (TPSA) is 58.2 Å². The maximum Gasteiger partial charge on any atom is 0.318 e. The first-order chi connectivity index (χ1) is 6.67. The molecule has 0 bridgehead atoms. The van der Waals surface area contributed by atoms with Crippen LogP contribution in [0.3, 0.4) is 0 Å². The van der Waals surface area contributed by atoms with Gasteiger partial charge in [-0.15, -0.1) is 0 Å². The number of anilines is 1. The van der Waals surface area contributed by atoms with Crippen molar-refractivity contribution < 1.29 is 9.59 Å². The van der Waals surface area contributed by atoms with E-state index in [0.29, 0.717) is 11.3 Å². The Bertz CT molecular complexity index is 361. The van der Waals surface area contributed by atoms with Crippen LogP contribution in [0.5, 0.6) is 0 Å². The summed E-state index contributed by atoms with van der Waals surface area (Å²) in [4.78, 5) is 21.7. The van der Waals surface area contributed by atoms with Crippen LogP contribution in [0.15, 0.2) is 18.2 Å². The van der Waals surface area contributed by atoms with Crippen molar-refractivity contribution >= 4 is 18.0 Å². The van der Waals surface area contributed by atoms with Crippen LogP contribution in [-0.4, -0.2) is 19.4 Å². The van der Waals surface area contributed by atoms with Crippen LogP contribution in [-0.2, 0) is 0 Å². The summed E-state index contributed by atoms with van der Waals surface area (Å²) in [5.41, 5.74) is 1.98. The van der Waals surface area contributed by atoms with Crippen molar-refractivity contribution in [2.75, 3.05) is 12.4 Å². The van der Waals surface area contributed by atoms with Gasteiger partial charge in [0.1, 0.15) is 0 Å². The number of urea groups is 1. The minimum absolute atomic E-state index is 0.336. The number of nitrogens with one attached hydrogen (secondary N) is 2. The van der Waals surface area contributed by atoms with Gasteiger partial charge in [0.15, 0.2) is 6.29 Å². The number of carbonyl (C=O) groups is 2. The molecule has 1 rings (SSSR count). The molecule has 0 atom stereocenters. The molecule has 0 unspecified atom stereocenters. The van der Waals surface area contributed by atoms with E-state index in [1.807, 2.05) is 13.0 Å². The van der Waals surface area contributed by atoms with Gasteiger partial charge in [0.2, 0.25) is 0 Å². The minimum Gasteiger partial charge on any atom is -0.341 e. The lowest BCUT2D eigenvalue weighted by molar-refractivity contribution is 0.112. The Morgan fingerprint density at radius 3 is 2.71 bits per heavy atom. The number of rotatable bonds is 2. The average molecular weight is 192 g/mol. The van der Waals surface area contributed by atoms with E-state index >= 15 is 0 Å². The van der Waals surface area contributed by atoms with Crippen LogP contribution in [0, 0.1) is 6.92 Å². The summed E-state index contributed by atoms with van der Waals surface area (Å²) < 4.78 is 0. The van der Waals surface area contributed by atoms with E-state index in [0.717, 1.165) is 11.8 Å². The predicted molar refractivity (Wildman–Crippen MR) is 54.6 cm³/mol. The molecule has 0 aliphatic carbocycles. The lowest BCUT2D eigenvalue weighted by atomic mass is 10.1. The van der Waals surface area contributed by atoms with Crippen molar-refractivity contribution in [2.24, 2.45) is 0 Å². The van der Waals surface area contributed by atoms with Crippen LogP contribution in [0.2, 0.25) is 0 Å². The summed E-state index contributed by atoms with van der Waals surface area (Å²) >= 11 is 0. The Balaban J connectivity index is 2.96. The van der Waals surface area contributed by atoms with Crippen LogP contribution in [0.1, 0.15) is 15.9 Å². The number of hydrogen-bond donors (Lipinski definition) is 2. The second-order valence-electron chi connectivity index (χ2n) is 2.91. The number of amides is 2. The number of benzene rings is 1. The van der Waals surface area contributed by atoms with Gasteiger partial charge in [0.05, 0.1) is 5.69 Å². The Morgan fingerprint density at radius 1 is 1.43 bits per heavy atom. The molecule has 0 aromatic heterocycles. The normalized spacial score (nSPS) is 9.29. The Hall–Kier alpha value is -1.84. The molecule has 2 N–H and O–H groups in total. The van der Waals surface area contributed by atoms with Crippen molar-refractivity contribution in [3.8, 4) is 0 Å². The Labute approximate surface area is 82.3 Å². The number of carbonyl (C=O) groups excluding carboxylic acids is 2. The lowest BCUT2D eigenvalue weighted by Gasteiger charge is -2.07. The first-order valence-electron chi connectivity index (χ1n) is 4.22. The van der Waals surface area contributed by atoms with Gasteiger partial charge in [-0.1, -0.05) is 11.6 Å². The van der Waals surface area contributed by atoms with Gasteiger partial charge in [0.25, 0.3) is 0 Å². The predicted octanol–water partition coefficient (Wildman–Crippen LogP) is 1.56. The van der Waals surface area contributed by atoms with E-state index in [4.69, 9.17) is 0 Å². The molecule has 0 heterocycles. The third-order valence-electron chi connectivity index (χ3n) is 1.81. The van der Waals surface area contributed by atoms with E-state index < -0.39 is 0 Å². The van der Waals surface area contributed by atoms with Gasteiger partial charge < -0.3 is 10.6 Å². The second-order valence-corrected chi connectivity index (χ2v) is 2.91. The minimum atomic E-state index is -0.336. The van der Waals surface area contributed by atoms with Crippen molar-refractivity contribution in [3.63, 3.8) is 0 Å². The number of aryl methyl sites for hydroxylation is 1. The van der Waals surface area contributed by atoms with Gasteiger partial charge >= 0.3 is 6.03 Å². The molecule has 0 spiro atoms. The third-order valence-corrected chi connectivity index (χ3v) is 1.81. The quantitative estimate of drug-likeness (QED) is 0.698. The summed E-state index contributed by atoms with van der Waals surface area (Å²) in [5, 5.41) is 4.97. The highest BCUT2D eigenvalue weighted by Gasteiger charge is 2.04. The highest BCUT2D eigenvalue weighted by atomic mass is 16.2. The van der Waals surface area contributed by atoms with E-state index in [1.165, 1.54) is 7.05 Å². The Morgan fingerprint density at radius 2 is 2.14 bits per heavy atom. The van der Waals surface area contributed by atoms with Crippen molar-refractivity contribution in [1.82, 2.24) is 5.32 Å². The molecule has 1 aromatic rings. The highest BCUT2D eigenvalue weighted by molar-refractivity contribution is 5.95. The van der Waals surface area contributed by atoms with Gasteiger partial charge in [0, 0.05) is 12.6 Å². The van der Waals surface area contributed by atoms with Gasteiger partial charge in [-0.25, -0.2) is 4.79 Å². The van der Waals surface area contributed by atoms with Gasteiger partial charge in [-0.3, -0.25) is 4.79 Å². The van der Waals surface area contributed by atoms with E-state index in [1.54, 1.807) is 12.1 Å². The maximum absolute atomic E-state index is 11.0. The summed E-state index contributed by atoms with van der Waals surface area (Å²) in [6.07, 6.45) is 0.721. The molecule has 0 saturated carbocycles. The summed E-state index contributed by atoms with van der Waals surface area (Å²) in [6, 6.07) is 4.92. The molecule has 0 saturated heterocycles. The highest BCUT2D eigenvalue weighted by Crippen LogP contribution is 2.14. The summed E-state index contributed by atoms with van der Waals surface area (Å²) in [5.74, 6) is 0. The largest absolute Gasteiger partial charge is 0.341 e. The van der Waals surface area contributed by atoms with Gasteiger partial charge in [-0.05, 0) is 19.1 Å². The van der Waals surface area contributed by atoms with Crippen molar-refractivity contribution in [1.29, 1.82) is 0 Å². The fourth-order valence-electron chi connectivity index (χ4n) is 1.08. The first-order valence-corrected chi connectivity index (χ1v) is 4.22. The monoisotopic (exact) mass is 192 g/mol. The van der Waals surface area contributed by atoms with Crippen molar-refractivity contribution in [3.05, 3.63) is 29.3 Å². The lowest BCUT2D eigenvalue weighted by Crippen LogP contribution is -2.25. The molecule has 4 heteroatoms. The summed E-state index contributed by atoms with van der Waals surface area (Å²) in [6.45, 7) is 1.89. The fourth-order valence-corrected chi connectivity index (χ4v) is 1.08. The van der Waals surface area contributed by atoms with E-state index in [-0.39, 0.29) is 6.03 Å².